The molecule has 0 saturated carbocycles. The molecular weight excluding hydrogens is 590 g/mol. The Morgan fingerprint density at radius 3 is 1.83 bits per heavy atom. The normalized spacial score (nSPS) is 12.2. The number of amides is 2. The fourth-order valence-corrected chi connectivity index (χ4v) is 5.07. The van der Waals surface area contributed by atoms with E-state index in [0.29, 0.717) is 19.6 Å². The Balaban J connectivity index is 1.90. The minimum atomic E-state index is -1.01. The zero-order valence-corrected chi connectivity index (χ0v) is 27.6. The first-order valence-corrected chi connectivity index (χ1v) is 15.6. The average molecular weight is 636 g/mol. The third kappa shape index (κ3) is 9.85. The Kier molecular flexibility index (Phi) is 13.7. The molecule has 0 bridgehead atoms. The number of nitrogens with zero attached hydrogens (tertiary/aromatic N) is 1. The van der Waals surface area contributed by atoms with E-state index >= 15 is 0 Å². The molecule has 0 saturated heterocycles. The SMILES string of the molecule is CCOC(=O)Oc1c(OC)ccnc1C(=O)N[C@@H](CC(C)C)C(=O)N[C@@H](C)C(c1ccc(OCC)cc1)c1ccc(OCC)cc1. The van der Waals surface area contributed by atoms with Crippen molar-refractivity contribution in [2.75, 3.05) is 26.9 Å². The molecule has 0 fully saturated rings. The van der Waals surface area contributed by atoms with Gasteiger partial charge < -0.3 is 34.3 Å². The lowest BCUT2D eigenvalue weighted by Gasteiger charge is -2.29. The number of pyridine rings is 1. The zero-order chi connectivity index (χ0) is 33.6. The quantitative estimate of drug-likeness (QED) is 0.184. The van der Waals surface area contributed by atoms with Crippen molar-refractivity contribution in [1.29, 1.82) is 0 Å². The van der Waals surface area contributed by atoms with Crippen LogP contribution in [0.3, 0.4) is 0 Å². The second-order valence-corrected chi connectivity index (χ2v) is 10.9. The number of nitrogens with one attached hydrogen (secondary N) is 2. The van der Waals surface area contributed by atoms with Gasteiger partial charge in [0, 0.05) is 24.2 Å². The topological polar surface area (TPSA) is 134 Å². The molecule has 3 rings (SSSR count). The molecule has 2 amide bonds. The van der Waals surface area contributed by atoms with Gasteiger partial charge in [-0.3, -0.25) is 9.59 Å². The number of benzene rings is 2. The van der Waals surface area contributed by atoms with Crippen LogP contribution in [0.15, 0.2) is 60.8 Å². The Morgan fingerprint density at radius 2 is 1.35 bits per heavy atom. The van der Waals surface area contributed by atoms with Gasteiger partial charge in [0.25, 0.3) is 5.91 Å². The summed E-state index contributed by atoms with van der Waals surface area (Å²) in [5.74, 6) is 0.178. The highest BCUT2D eigenvalue weighted by Crippen LogP contribution is 2.32. The minimum Gasteiger partial charge on any atom is -0.494 e. The minimum absolute atomic E-state index is 0.0629. The van der Waals surface area contributed by atoms with Crippen LogP contribution in [-0.2, 0) is 9.53 Å². The molecule has 3 aromatic rings. The van der Waals surface area contributed by atoms with Crippen LogP contribution in [0, 0.1) is 5.92 Å². The predicted molar refractivity (Wildman–Crippen MR) is 174 cm³/mol. The molecule has 46 heavy (non-hydrogen) atoms. The van der Waals surface area contributed by atoms with Gasteiger partial charge in [-0.15, -0.1) is 0 Å². The van der Waals surface area contributed by atoms with E-state index < -0.39 is 18.1 Å². The average Bonchev–Trinajstić information content (AvgIpc) is 3.02. The summed E-state index contributed by atoms with van der Waals surface area (Å²) in [5.41, 5.74) is 1.74. The molecule has 0 unspecified atom stereocenters. The summed E-state index contributed by atoms with van der Waals surface area (Å²) in [6.07, 6.45) is 0.686. The van der Waals surface area contributed by atoms with E-state index in [4.69, 9.17) is 23.7 Å². The van der Waals surface area contributed by atoms with E-state index in [2.05, 4.69) is 15.6 Å². The third-order valence-electron chi connectivity index (χ3n) is 7.05. The molecule has 11 heteroatoms. The lowest BCUT2D eigenvalue weighted by atomic mass is 9.85. The van der Waals surface area contributed by atoms with Crippen molar-refractivity contribution in [3.05, 3.63) is 77.6 Å². The van der Waals surface area contributed by atoms with Gasteiger partial charge in [-0.2, -0.15) is 0 Å². The maximum Gasteiger partial charge on any atom is 0.514 e. The highest BCUT2D eigenvalue weighted by Gasteiger charge is 2.30. The van der Waals surface area contributed by atoms with Crippen LogP contribution in [0.25, 0.3) is 0 Å². The van der Waals surface area contributed by atoms with Gasteiger partial charge in [0.1, 0.15) is 17.5 Å². The van der Waals surface area contributed by atoms with E-state index in [9.17, 15) is 14.4 Å². The number of hydrogen-bond donors (Lipinski definition) is 2. The first-order chi connectivity index (χ1) is 22.1. The first kappa shape index (κ1) is 35.7. The summed E-state index contributed by atoms with van der Waals surface area (Å²) in [6, 6.07) is 15.7. The van der Waals surface area contributed by atoms with Gasteiger partial charge in [-0.25, -0.2) is 9.78 Å². The largest absolute Gasteiger partial charge is 0.514 e. The standard InChI is InChI=1S/C35H45N3O8/c1-8-43-26-15-11-24(12-16-26)30(25-13-17-27(18-14-25)44-9-2)23(6)37-33(39)28(21-22(4)5)38-34(40)31-32(46-35(41)45-10-3)29(42-7)19-20-36-31/h11-20,22-23,28,30H,8-10,21H2,1-7H3,(H,37,39)(H,38,40)/t23-,28-/m0/s1. The van der Waals surface area contributed by atoms with Gasteiger partial charge in [0.2, 0.25) is 11.7 Å². The van der Waals surface area contributed by atoms with Gasteiger partial charge in [-0.05, 0) is 75.4 Å². The molecule has 1 heterocycles. The number of carbonyl (C=O) groups excluding carboxylic acids is 3. The number of hydrogen-bond acceptors (Lipinski definition) is 9. The lowest BCUT2D eigenvalue weighted by molar-refractivity contribution is -0.124. The van der Waals surface area contributed by atoms with Crippen LogP contribution >= 0.6 is 0 Å². The highest BCUT2D eigenvalue weighted by molar-refractivity contribution is 5.99. The second-order valence-electron chi connectivity index (χ2n) is 10.9. The Morgan fingerprint density at radius 1 is 0.783 bits per heavy atom. The van der Waals surface area contributed by atoms with Crippen LogP contribution in [0.4, 0.5) is 4.79 Å². The maximum absolute atomic E-state index is 13.9. The van der Waals surface area contributed by atoms with Crippen molar-refractivity contribution in [1.82, 2.24) is 15.6 Å². The van der Waals surface area contributed by atoms with Crippen molar-refractivity contribution in [3.63, 3.8) is 0 Å². The molecule has 0 aliphatic heterocycles. The third-order valence-corrected chi connectivity index (χ3v) is 7.05. The van der Waals surface area contributed by atoms with Gasteiger partial charge in [0.05, 0.1) is 26.9 Å². The molecule has 2 aromatic carbocycles. The smallest absolute Gasteiger partial charge is 0.494 e. The van der Waals surface area contributed by atoms with Crippen LogP contribution < -0.4 is 29.6 Å². The summed E-state index contributed by atoms with van der Waals surface area (Å²) in [7, 11) is 1.37. The van der Waals surface area contributed by atoms with Crippen LogP contribution in [0.1, 0.15) is 75.5 Å². The van der Waals surface area contributed by atoms with E-state index in [1.165, 1.54) is 19.4 Å². The Labute approximate surface area is 270 Å². The highest BCUT2D eigenvalue weighted by atomic mass is 16.7. The Hall–Kier alpha value is -4.80. The van der Waals surface area contributed by atoms with Crippen molar-refractivity contribution in [3.8, 4) is 23.0 Å². The lowest BCUT2D eigenvalue weighted by Crippen LogP contribution is -2.51. The molecule has 2 atom stereocenters. The van der Waals surface area contributed by atoms with Crippen LogP contribution in [-0.4, -0.2) is 62.0 Å². The summed E-state index contributed by atoms with van der Waals surface area (Å²) < 4.78 is 26.7. The van der Waals surface area contributed by atoms with Gasteiger partial charge >= 0.3 is 6.16 Å². The van der Waals surface area contributed by atoms with Gasteiger partial charge in [0.15, 0.2) is 11.4 Å². The zero-order valence-electron chi connectivity index (χ0n) is 27.6. The molecule has 1 aromatic heterocycles. The van der Waals surface area contributed by atoms with E-state index in [1.807, 2.05) is 83.1 Å². The summed E-state index contributed by atoms with van der Waals surface area (Å²) in [5, 5.41) is 5.93. The molecule has 0 spiro atoms. The maximum atomic E-state index is 13.9. The monoisotopic (exact) mass is 635 g/mol. The number of rotatable bonds is 16. The van der Waals surface area contributed by atoms with Crippen molar-refractivity contribution in [2.24, 2.45) is 5.92 Å². The van der Waals surface area contributed by atoms with Crippen molar-refractivity contribution in [2.45, 2.75) is 66.0 Å². The van der Waals surface area contributed by atoms with Crippen LogP contribution in [0.2, 0.25) is 0 Å². The molecule has 248 valence electrons. The molecule has 0 aliphatic rings. The Bertz CT molecular complexity index is 1380. The fraction of sp³-hybridized carbons (Fsp3) is 0.429. The molecule has 0 aliphatic carbocycles. The van der Waals surface area contributed by atoms with Crippen molar-refractivity contribution < 1.29 is 38.1 Å². The van der Waals surface area contributed by atoms with Crippen LogP contribution in [0.5, 0.6) is 23.0 Å². The first-order valence-electron chi connectivity index (χ1n) is 15.6. The van der Waals surface area contributed by atoms with E-state index in [0.717, 1.165) is 22.6 Å². The van der Waals surface area contributed by atoms with E-state index in [1.54, 1.807) is 6.92 Å². The summed E-state index contributed by atoms with van der Waals surface area (Å²) >= 11 is 0. The number of methoxy groups -OCH3 is 1. The van der Waals surface area contributed by atoms with E-state index in [-0.39, 0.29) is 47.6 Å². The molecule has 0 radical (unpaired) electrons. The summed E-state index contributed by atoms with van der Waals surface area (Å²) in [6.45, 7) is 12.5. The fourth-order valence-electron chi connectivity index (χ4n) is 5.07. The van der Waals surface area contributed by atoms with Gasteiger partial charge in [-0.1, -0.05) is 38.1 Å². The summed E-state index contributed by atoms with van der Waals surface area (Å²) in [4.78, 5) is 43.6. The second kappa shape index (κ2) is 17.6. The number of ether oxygens (including phenoxy) is 5. The molecule has 2 N–H and O–H groups in total. The molecule has 11 nitrogen and oxygen atoms in total. The molecular formula is C35H45N3O8. The number of carbonyl (C=O) groups is 3. The predicted octanol–water partition coefficient (Wildman–Crippen LogP) is 5.90. The van der Waals surface area contributed by atoms with Crippen molar-refractivity contribution >= 4 is 18.0 Å². The number of aromatic nitrogens is 1.